The second kappa shape index (κ2) is 5.91. The Labute approximate surface area is 119 Å². The van der Waals surface area contributed by atoms with E-state index in [0.29, 0.717) is 0 Å². The van der Waals surface area contributed by atoms with Gasteiger partial charge in [0.2, 0.25) is 0 Å². The van der Waals surface area contributed by atoms with Crippen LogP contribution in [0.5, 0.6) is 0 Å². The van der Waals surface area contributed by atoms with Crippen molar-refractivity contribution in [1.82, 2.24) is 4.98 Å². The lowest BCUT2D eigenvalue weighted by Crippen LogP contribution is -2.22. The summed E-state index contributed by atoms with van der Waals surface area (Å²) in [6, 6.07) is 7.79. The molecule has 2 rings (SSSR count). The number of furan rings is 1. The average Bonchev–Trinajstić information content (AvgIpc) is 2.74. The Hall–Kier alpha value is -0.780. The second-order valence-electron chi connectivity index (χ2n) is 4.14. The zero-order chi connectivity index (χ0) is 13.1. The lowest BCUT2D eigenvalue weighted by Gasteiger charge is -2.18. The first-order valence-electron chi connectivity index (χ1n) is 5.67. The van der Waals surface area contributed by atoms with E-state index in [1.165, 1.54) is 0 Å². The van der Waals surface area contributed by atoms with Gasteiger partial charge in [0, 0.05) is 16.7 Å². The van der Waals surface area contributed by atoms with Crippen LogP contribution in [0.1, 0.15) is 23.7 Å². The van der Waals surface area contributed by atoms with E-state index in [0.717, 1.165) is 21.0 Å². The van der Waals surface area contributed by atoms with Crippen LogP contribution < -0.4 is 5.73 Å². The van der Waals surface area contributed by atoms with E-state index < -0.39 is 0 Å². The first-order valence-corrected chi connectivity index (χ1v) is 7.34. The van der Waals surface area contributed by atoms with Crippen LogP contribution >= 0.6 is 27.7 Å². The molecule has 0 radical (unpaired) electrons. The minimum atomic E-state index is -0.0190. The molecule has 2 N–H and O–H groups in total. The van der Waals surface area contributed by atoms with Crippen molar-refractivity contribution in [3.63, 3.8) is 0 Å². The molecule has 18 heavy (non-hydrogen) atoms. The van der Waals surface area contributed by atoms with E-state index in [1.54, 1.807) is 18.0 Å². The lowest BCUT2D eigenvalue weighted by molar-refractivity contribution is 0.464. The number of hydrogen-bond donors (Lipinski definition) is 1. The molecule has 0 aliphatic heterocycles. The van der Waals surface area contributed by atoms with Crippen molar-refractivity contribution in [3.8, 4) is 0 Å². The zero-order valence-electron chi connectivity index (χ0n) is 10.3. The molecule has 0 fully saturated rings. The fourth-order valence-electron chi connectivity index (χ4n) is 1.61. The highest BCUT2D eigenvalue weighted by Gasteiger charge is 2.22. The third-order valence-corrected chi connectivity index (χ3v) is 4.85. The third-order valence-electron chi connectivity index (χ3n) is 2.48. The summed E-state index contributed by atoms with van der Waals surface area (Å²) in [5.41, 5.74) is 6.05. The number of thioether (sulfide) groups is 1. The zero-order valence-corrected chi connectivity index (χ0v) is 12.7. The van der Waals surface area contributed by atoms with Gasteiger partial charge in [0.15, 0.2) is 0 Å². The molecule has 2 aromatic heterocycles. The van der Waals surface area contributed by atoms with E-state index >= 15 is 0 Å². The summed E-state index contributed by atoms with van der Waals surface area (Å²) < 4.78 is 6.65. The average molecular weight is 327 g/mol. The van der Waals surface area contributed by atoms with Crippen molar-refractivity contribution < 1.29 is 4.42 Å². The van der Waals surface area contributed by atoms with Gasteiger partial charge in [0.25, 0.3) is 0 Å². The van der Waals surface area contributed by atoms with Gasteiger partial charge in [-0.05, 0) is 54.0 Å². The molecule has 2 aromatic rings. The molecule has 0 saturated carbocycles. The Bertz CT molecular complexity index is 527. The monoisotopic (exact) mass is 326 g/mol. The van der Waals surface area contributed by atoms with Crippen molar-refractivity contribution in [2.24, 2.45) is 5.73 Å². The Morgan fingerprint density at radius 3 is 2.72 bits per heavy atom. The van der Waals surface area contributed by atoms with E-state index in [2.05, 4.69) is 20.9 Å². The Morgan fingerprint density at radius 1 is 1.39 bits per heavy atom. The molecule has 0 aliphatic rings. The normalized spacial score (nSPS) is 14.4. The van der Waals surface area contributed by atoms with Crippen LogP contribution in [0.15, 0.2) is 44.4 Å². The maximum Gasteiger partial charge on any atom is 0.119 e. The van der Waals surface area contributed by atoms with E-state index in [-0.39, 0.29) is 11.3 Å². The molecule has 0 aromatic carbocycles. The molecule has 0 aliphatic carbocycles. The van der Waals surface area contributed by atoms with Gasteiger partial charge in [-0.15, -0.1) is 0 Å². The number of pyridine rings is 1. The summed E-state index contributed by atoms with van der Waals surface area (Å²) in [5, 5.41) is 0.985. The smallest absolute Gasteiger partial charge is 0.119 e. The van der Waals surface area contributed by atoms with Crippen LogP contribution in [0.3, 0.4) is 0 Å². The predicted octanol–water partition coefficient (Wildman–Crippen LogP) is 3.93. The number of nitrogens with two attached hydrogens (primary N) is 1. The van der Waals surface area contributed by atoms with Crippen molar-refractivity contribution in [1.29, 1.82) is 0 Å². The number of aromatic nitrogens is 1. The van der Waals surface area contributed by atoms with Crippen molar-refractivity contribution >= 4 is 27.7 Å². The third kappa shape index (κ3) is 3.16. The molecular formula is C13H15BrN2OS. The quantitative estimate of drug-likeness (QED) is 0.865. The highest BCUT2D eigenvalue weighted by atomic mass is 79.9. The maximum absolute atomic E-state index is 6.05. The molecule has 0 bridgehead atoms. The number of halogens is 1. The standard InChI is InChI=1S/C13H15BrN2OS/c1-8-5-6-11(17-8)12(9(2)15)18-13-10(14)4-3-7-16-13/h3-7,9,12H,15H2,1-2H3. The van der Waals surface area contributed by atoms with Crippen molar-refractivity contribution in [2.75, 3.05) is 0 Å². The molecule has 0 spiro atoms. The summed E-state index contributed by atoms with van der Waals surface area (Å²) in [4.78, 5) is 4.35. The first-order chi connectivity index (χ1) is 8.58. The Kier molecular flexibility index (Phi) is 4.48. The summed E-state index contributed by atoms with van der Waals surface area (Å²) in [6.07, 6.45) is 1.78. The summed E-state index contributed by atoms with van der Waals surface area (Å²) in [7, 11) is 0. The van der Waals surface area contributed by atoms with Crippen LogP contribution in [-0.2, 0) is 0 Å². The van der Waals surface area contributed by atoms with Gasteiger partial charge >= 0.3 is 0 Å². The minimum Gasteiger partial charge on any atom is -0.465 e. The van der Waals surface area contributed by atoms with E-state index in [9.17, 15) is 0 Å². The van der Waals surface area contributed by atoms with Crippen molar-refractivity contribution in [2.45, 2.75) is 30.2 Å². The van der Waals surface area contributed by atoms with Gasteiger partial charge in [0.05, 0.1) is 5.25 Å². The second-order valence-corrected chi connectivity index (χ2v) is 6.12. The summed E-state index contributed by atoms with van der Waals surface area (Å²) >= 11 is 5.11. The molecule has 5 heteroatoms. The minimum absolute atomic E-state index is 0.0190. The highest BCUT2D eigenvalue weighted by Crippen LogP contribution is 2.39. The largest absolute Gasteiger partial charge is 0.465 e. The van der Waals surface area contributed by atoms with Gasteiger partial charge < -0.3 is 10.2 Å². The van der Waals surface area contributed by atoms with Gasteiger partial charge in [-0.1, -0.05) is 11.8 Å². The van der Waals surface area contributed by atoms with Crippen LogP contribution in [0, 0.1) is 6.92 Å². The highest BCUT2D eigenvalue weighted by molar-refractivity contribution is 9.10. The molecule has 2 unspecified atom stereocenters. The first kappa shape index (κ1) is 13.6. The molecule has 2 atom stereocenters. The molecule has 2 heterocycles. The van der Waals surface area contributed by atoms with Crippen LogP contribution in [0.4, 0.5) is 0 Å². The Balaban J connectivity index is 2.25. The molecule has 0 saturated heterocycles. The number of nitrogens with zero attached hydrogens (tertiary/aromatic N) is 1. The molecule has 96 valence electrons. The SMILES string of the molecule is Cc1ccc(C(Sc2ncccc2Br)C(C)N)o1. The Morgan fingerprint density at radius 2 is 2.17 bits per heavy atom. The van der Waals surface area contributed by atoms with Crippen LogP contribution in [0.2, 0.25) is 0 Å². The van der Waals surface area contributed by atoms with Gasteiger partial charge in [-0.2, -0.15) is 0 Å². The fraction of sp³-hybridized carbons (Fsp3) is 0.308. The van der Waals surface area contributed by atoms with Gasteiger partial charge in [-0.3, -0.25) is 0 Å². The number of aryl methyl sites for hydroxylation is 1. The lowest BCUT2D eigenvalue weighted by atomic mass is 10.2. The van der Waals surface area contributed by atoms with E-state index in [4.69, 9.17) is 10.2 Å². The molecule has 0 amide bonds. The fourth-order valence-corrected chi connectivity index (χ4v) is 3.14. The maximum atomic E-state index is 6.05. The molecule has 3 nitrogen and oxygen atoms in total. The summed E-state index contributed by atoms with van der Waals surface area (Å²) in [6.45, 7) is 3.91. The number of rotatable bonds is 4. The van der Waals surface area contributed by atoms with Crippen molar-refractivity contribution in [3.05, 3.63) is 46.5 Å². The van der Waals surface area contributed by atoms with Gasteiger partial charge in [-0.25, -0.2) is 4.98 Å². The topological polar surface area (TPSA) is 52.0 Å². The summed E-state index contributed by atoms with van der Waals surface area (Å²) in [5.74, 6) is 1.79. The van der Waals surface area contributed by atoms with Crippen LogP contribution in [-0.4, -0.2) is 11.0 Å². The van der Waals surface area contributed by atoms with E-state index in [1.807, 2.05) is 38.1 Å². The number of hydrogen-bond acceptors (Lipinski definition) is 4. The van der Waals surface area contributed by atoms with Crippen LogP contribution in [0.25, 0.3) is 0 Å². The predicted molar refractivity (Wildman–Crippen MR) is 77.6 cm³/mol. The molecular weight excluding hydrogens is 312 g/mol. The van der Waals surface area contributed by atoms with Gasteiger partial charge in [0.1, 0.15) is 16.5 Å².